The average Bonchev–Trinajstić information content (AvgIpc) is 2.41. The summed E-state index contributed by atoms with van der Waals surface area (Å²) < 4.78 is 0. The van der Waals surface area contributed by atoms with E-state index in [4.69, 9.17) is 34.8 Å². The lowest BCUT2D eigenvalue weighted by molar-refractivity contribution is 0.749. The van der Waals surface area contributed by atoms with E-state index in [-0.39, 0.29) is 6.04 Å². The molecule has 2 rings (SSSR count). The molecule has 0 heterocycles. The maximum atomic E-state index is 6.29. The van der Waals surface area contributed by atoms with Gasteiger partial charge in [-0.25, -0.2) is 0 Å². The molecule has 1 atom stereocenters. The van der Waals surface area contributed by atoms with E-state index in [9.17, 15) is 0 Å². The van der Waals surface area contributed by atoms with Gasteiger partial charge in [-0.15, -0.1) is 0 Å². The normalized spacial score (nSPS) is 12.2. The molecular formula is C16H16Cl3N. The summed E-state index contributed by atoms with van der Waals surface area (Å²) >= 11 is 18.4. The molecule has 1 unspecified atom stereocenters. The second kappa shape index (κ2) is 6.71. The van der Waals surface area contributed by atoms with Crippen LogP contribution in [-0.4, -0.2) is 0 Å². The molecule has 20 heavy (non-hydrogen) atoms. The highest BCUT2D eigenvalue weighted by molar-refractivity contribution is 6.35. The van der Waals surface area contributed by atoms with Crippen LogP contribution in [0.4, 0.5) is 5.69 Å². The molecule has 0 radical (unpaired) electrons. The lowest BCUT2D eigenvalue weighted by atomic mass is 10.0. The van der Waals surface area contributed by atoms with E-state index in [0.29, 0.717) is 10.0 Å². The smallest absolute Gasteiger partial charge is 0.0526 e. The van der Waals surface area contributed by atoms with Crippen molar-refractivity contribution in [3.63, 3.8) is 0 Å². The lowest BCUT2D eigenvalue weighted by Gasteiger charge is -2.21. The first-order valence-electron chi connectivity index (χ1n) is 6.49. The summed E-state index contributed by atoms with van der Waals surface area (Å²) in [4.78, 5) is 0. The van der Waals surface area contributed by atoms with Crippen LogP contribution in [-0.2, 0) is 0 Å². The Morgan fingerprint density at radius 3 is 2.45 bits per heavy atom. The Morgan fingerprint density at radius 2 is 1.80 bits per heavy atom. The number of benzene rings is 2. The van der Waals surface area contributed by atoms with Gasteiger partial charge in [-0.2, -0.15) is 0 Å². The Kier molecular flexibility index (Phi) is 5.20. The first-order valence-corrected chi connectivity index (χ1v) is 7.63. The molecule has 0 fully saturated rings. The summed E-state index contributed by atoms with van der Waals surface area (Å²) in [6.45, 7) is 4.11. The third kappa shape index (κ3) is 3.41. The maximum absolute atomic E-state index is 6.29. The maximum Gasteiger partial charge on any atom is 0.0526 e. The van der Waals surface area contributed by atoms with Gasteiger partial charge in [0.2, 0.25) is 0 Å². The van der Waals surface area contributed by atoms with Gasteiger partial charge in [-0.3, -0.25) is 0 Å². The molecule has 0 aliphatic rings. The fourth-order valence-electron chi connectivity index (χ4n) is 2.14. The van der Waals surface area contributed by atoms with Crippen molar-refractivity contribution in [3.8, 4) is 0 Å². The third-order valence-electron chi connectivity index (χ3n) is 3.34. The number of halogens is 3. The van der Waals surface area contributed by atoms with Crippen LogP contribution >= 0.6 is 34.8 Å². The molecule has 0 aromatic heterocycles. The van der Waals surface area contributed by atoms with Gasteiger partial charge in [0.15, 0.2) is 0 Å². The second-order valence-electron chi connectivity index (χ2n) is 4.68. The zero-order chi connectivity index (χ0) is 14.7. The van der Waals surface area contributed by atoms with Crippen LogP contribution in [0.1, 0.15) is 30.5 Å². The summed E-state index contributed by atoms with van der Waals surface area (Å²) in [6.07, 6.45) is 0.910. The molecule has 2 aromatic rings. The van der Waals surface area contributed by atoms with Crippen molar-refractivity contribution in [2.45, 2.75) is 26.3 Å². The SMILES string of the molecule is CCC(Nc1cccc(Cl)c1C)c1ccc(Cl)cc1Cl. The molecule has 1 nitrogen and oxygen atoms in total. The van der Waals surface area contributed by atoms with Crippen molar-refractivity contribution >= 4 is 40.5 Å². The summed E-state index contributed by atoms with van der Waals surface area (Å²) in [6, 6.07) is 11.6. The quantitative estimate of drug-likeness (QED) is 0.673. The van der Waals surface area contributed by atoms with Crippen LogP contribution in [0.15, 0.2) is 36.4 Å². The number of nitrogens with one attached hydrogen (secondary N) is 1. The van der Waals surface area contributed by atoms with Gasteiger partial charge in [0, 0.05) is 20.8 Å². The summed E-state index contributed by atoms with van der Waals surface area (Å²) in [7, 11) is 0. The Labute approximate surface area is 134 Å². The molecular weight excluding hydrogens is 313 g/mol. The monoisotopic (exact) mass is 327 g/mol. The number of rotatable bonds is 4. The van der Waals surface area contributed by atoms with Gasteiger partial charge in [0.05, 0.1) is 6.04 Å². The van der Waals surface area contributed by atoms with Crippen LogP contribution in [0, 0.1) is 6.92 Å². The predicted octanol–water partition coefficient (Wildman–Crippen LogP) is 6.52. The average molecular weight is 329 g/mol. The minimum absolute atomic E-state index is 0.122. The Hall–Kier alpha value is -0.890. The largest absolute Gasteiger partial charge is 0.378 e. The topological polar surface area (TPSA) is 12.0 Å². The number of anilines is 1. The van der Waals surface area contributed by atoms with Crippen molar-refractivity contribution in [2.75, 3.05) is 5.32 Å². The van der Waals surface area contributed by atoms with Crippen LogP contribution in [0.25, 0.3) is 0 Å². The van der Waals surface area contributed by atoms with E-state index < -0.39 is 0 Å². The fourth-order valence-corrected chi connectivity index (χ4v) is 2.85. The standard InChI is InChI=1S/C16H16Cl3N/c1-3-15(12-8-7-11(17)9-14(12)19)20-16-6-4-5-13(18)10(16)2/h4-9,15,20H,3H2,1-2H3. The van der Waals surface area contributed by atoms with Gasteiger partial charge in [-0.05, 0) is 48.7 Å². The van der Waals surface area contributed by atoms with Crippen molar-refractivity contribution < 1.29 is 0 Å². The molecule has 106 valence electrons. The van der Waals surface area contributed by atoms with E-state index in [0.717, 1.165) is 28.3 Å². The van der Waals surface area contributed by atoms with Gasteiger partial charge in [-0.1, -0.05) is 53.9 Å². The molecule has 2 aromatic carbocycles. The first kappa shape index (κ1) is 15.5. The fraction of sp³-hybridized carbons (Fsp3) is 0.250. The minimum Gasteiger partial charge on any atom is -0.378 e. The van der Waals surface area contributed by atoms with Crippen LogP contribution in [0.2, 0.25) is 15.1 Å². The van der Waals surface area contributed by atoms with E-state index in [2.05, 4.69) is 12.2 Å². The lowest BCUT2D eigenvalue weighted by Crippen LogP contribution is -2.11. The van der Waals surface area contributed by atoms with Gasteiger partial charge in [0.1, 0.15) is 0 Å². The van der Waals surface area contributed by atoms with Crippen LogP contribution in [0.5, 0.6) is 0 Å². The number of hydrogen-bond acceptors (Lipinski definition) is 1. The molecule has 0 saturated carbocycles. The highest BCUT2D eigenvalue weighted by Crippen LogP contribution is 2.32. The molecule has 0 spiro atoms. The Balaban J connectivity index is 2.31. The molecule has 4 heteroatoms. The molecule has 0 aliphatic carbocycles. The zero-order valence-electron chi connectivity index (χ0n) is 11.4. The van der Waals surface area contributed by atoms with Crippen LogP contribution in [0.3, 0.4) is 0 Å². The highest BCUT2D eigenvalue weighted by Gasteiger charge is 2.14. The van der Waals surface area contributed by atoms with Crippen molar-refractivity contribution in [1.82, 2.24) is 0 Å². The number of hydrogen-bond donors (Lipinski definition) is 1. The van der Waals surface area contributed by atoms with E-state index in [1.807, 2.05) is 37.3 Å². The van der Waals surface area contributed by atoms with Gasteiger partial charge < -0.3 is 5.32 Å². The zero-order valence-corrected chi connectivity index (χ0v) is 13.7. The van der Waals surface area contributed by atoms with Crippen LogP contribution < -0.4 is 5.32 Å². The molecule has 0 bridgehead atoms. The Bertz CT molecular complexity index is 611. The first-order chi connectivity index (χ1) is 9.52. The molecule has 1 N–H and O–H groups in total. The van der Waals surface area contributed by atoms with E-state index >= 15 is 0 Å². The molecule has 0 amide bonds. The predicted molar refractivity (Wildman–Crippen MR) is 89.3 cm³/mol. The van der Waals surface area contributed by atoms with E-state index in [1.54, 1.807) is 6.07 Å². The molecule has 0 aliphatic heterocycles. The third-order valence-corrected chi connectivity index (χ3v) is 4.32. The van der Waals surface area contributed by atoms with E-state index in [1.165, 1.54) is 0 Å². The second-order valence-corrected chi connectivity index (χ2v) is 5.93. The molecule has 0 saturated heterocycles. The summed E-state index contributed by atoms with van der Waals surface area (Å²) in [5, 5.41) is 5.58. The van der Waals surface area contributed by atoms with Crippen molar-refractivity contribution in [1.29, 1.82) is 0 Å². The Morgan fingerprint density at radius 1 is 1.05 bits per heavy atom. The highest BCUT2D eigenvalue weighted by atomic mass is 35.5. The van der Waals surface area contributed by atoms with Gasteiger partial charge >= 0.3 is 0 Å². The van der Waals surface area contributed by atoms with Crippen molar-refractivity contribution in [3.05, 3.63) is 62.6 Å². The minimum atomic E-state index is 0.122. The summed E-state index contributed by atoms with van der Waals surface area (Å²) in [5.41, 5.74) is 3.10. The van der Waals surface area contributed by atoms with Gasteiger partial charge in [0.25, 0.3) is 0 Å². The van der Waals surface area contributed by atoms with Crippen molar-refractivity contribution in [2.24, 2.45) is 0 Å². The summed E-state index contributed by atoms with van der Waals surface area (Å²) in [5.74, 6) is 0.